The van der Waals surface area contributed by atoms with Crippen LogP contribution < -0.4 is 0 Å². The minimum Gasteiger partial charge on any atom is -0.481 e. The molecule has 0 aliphatic carbocycles. The fraction of sp³-hybridized carbons (Fsp3) is 0.381. The number of carbonyl (C=O) groups excluding carboxylic acids is 1. The first-order valence-electron chi connectivity index (χ1n) is 9.04. The van der Waals surface area contributed by atoms with Crippen molar-refractivity contribution in [3.8, 4) is 0 Å². The number of carbonyl (C=O) groups is 2. The van der Waals surface area contributed by atoms with Gasteiger partial charge in [-0.1, -0.05) is 36.4 Å². The minimum absolute atomic E-state index is 0.0197. The maximum atomic E-state index is 13.2. The smallest absolute Gasteiger partial charge is 0.312 e. The molecule has 0 saturated carbocycles. The van der Waals surface area contributed by atoms with Crippen LogP contribution in [0.4, 0.5) is 0 Å². The molecule has 2 fully saturated rings. The summed E-state index contributed by atoms with van der Waals surface area (Å²) in [7, 11) is 0. The molecule has 0 unspecified atom stereocenters. The van der Waals surface area contributed by atoms with E-state index in [0.717, 1.165) is 24.0 Å². The number of aryl methyl sites for hydroxylation is 1. The van der Waals surface area contributed by atoms with Gasteiger partial charge in [0.2, 0.25) is 0 Å². The zero-order valence-electron chi connectivity index (χ0n) is 14.8. The summed E-state index contributed by atoms with van der Waals surface area (Å²) in [5.74, 6) is -0.934. The van der Waals surface area contributed by atoms with Gasteiger partial charge in [-0.05, 0) is 49.8 Å². The lowest BCUT2D eigenvalue weighted by atomic mass is 9.70. The summed E-state index contributed by atoms with van der Waals surface area (Å²) in [6.07, 6.45) is 4.19. The molecule has 0 spiro atoms. The van der Waals surface area contributed by atoms with Gasteiger partial charge < -0.3 is 10.0 Å². The molecule has 5 heteroatoms. The number of hydrogen-bond acceptors (Lipinski definition) is 3. The van der Waals surface area contributed by atoms with Gasteiger partial charge in [-0.3, -0.25) is 14.6 Å². The first-order valence-corrected chi connectivity index (χ1v) is 9.04. The summed E-state index contributed by atoms with van der Waals surface area (Å²) < 4.78 is 0. The van der Waals surface area contributed by atoms with Crippen molar-refractivity contribution in [2.45, 2.75) is 44.7 Å². The van der Waals surface area contributed by atoms with Gasteiger partial charge in [-0.2, -0.15) is 0 Å². The van der Waals surface area contributed by atoms with E-state index < -0.39 is 11.4 Å². The molecule has 4 rings (SSSR count). The van der Waals surface area contributed by atoms with E-state index in [1.54, 1.807) is 6.20 Å². The number of rotatable bonds is 4. The van der Waals surface area contributed by atoms with Crippen molar-refractivity contribution in [3.05, 3.63) is 65.5 Å². The molecule has 0 radical (unpaired) electrons. The lowest BCUT2D eigenvalue weighted by Crippen LogP contribution is -2.46. The predicted octanol–water partition coefficient (Wildman–Crippen LogP) is 3.08. The molecule has 3 atom stereocenters. The molecule has 3 heterocycles. The Kier molecular flexibility index (Phi) is 4.02. The van der Waals surface area contributed by atoms with Gasteiger partial charge in [0.25, 0.3) is 5.91 Å². The highest BCUT2D eigenvalue weighted by Crippen LogP contribution is 2.52. The number of pyridine rings is 1. The molecule has 2 aliphatic heterocycles. The van der Waals surface area contributed by atoms with Crippen LogP contribution in [-0.4, -0.2) is 39.0 Å². The largest absolute Gasteiger partial charge is 0.481 e. The second kappa shape index (κ2) is 6.24. The highest BCUT2D eigenvalue weighted by Gasteiger charge is 2.61. The first kappa shape index (κ1) is 16.8. The highest BCUT2D eigenvalue weighted by molar-refractivity contribution is 5.95. The zero-order valence-corrected chi connectivity index (χ0v) is 14.8. The van der Waals surface area contributed by atoms with Gasteiger partial charge in [0.1, 0.15) is 5.69 Å². The Morgan fingerprint density at radius 3 is 2.65 bits per heavy atom. The molecule has 5 nitrogen and oxygen atoms in total. The first-order chi connectivity index (χ1) is 12.5. The third-order valence-electron chi connectivity index (χ3n) is 5.98. The average molecular weight is 350 g/mol. The molecule has 2 aromatic rings. The second-order valence-corrected chi connectivity index (χ2v) is 7.46. The minimum atomic E-state index is -0.914. The number of carboxylic acids is 1. The summed E-state index contributed by atoms with van der Waals surface area (Å²) in [6, 6.07) is 13.1. The van der Waals surface area contributed by atoms with Crippen molar-refractivity contribution < 1.29 is 14.7 Å². The van der Waals surface area contributed by atoms with Gasteiger partial charge >= 0.3 is 5.97 Å². The van der Waals surface area contributed by atoms with Gasteiger partial charge in [-0.15, -0.1) is 0 Å². The number of amides is 1. The van der Waals surface area contributed by atoms with Crippen LogP contribution in [0.1, 0.15) is 40.9 Å². The van der Waals surface area contributed by atoms with Crippen LogP contribution in [0.25, 0.3) is 0 Å². The summed E-state index contributed by atoms with van der Waals surface area (Å²) in [6.45, 7) is 1.87. The normalized spacial score (nSPS) is 26.9. The molecule has 1 N–H and O–H groups in total. The Morgan fingerprint density at radius 1 is 1.19 bits per heavy atom. The van der Waals surface area contributed by atoms with Gasteiger partial charge in [0, 0.05) is 18.3 Å². The third-order valence-corrected chi connectivity index (χ3v) is 5.98. The highest BCUT2D eigenvalue weighted by atomic mass is 16.4. The van der Waals surface area contributed by atoms with Gasteiger partial charge in [0.15, 0.2) is 0 Å². The summed E-state index contributed by atoms with van der Waals surface area (Å²) >= 11 is 0. The monoisotopic (exact) mass is 350 g/mol. The Bertz CT molecular complexity index is 851. The lowest BCUT2D eigenvalue weighted by molar-refractivity contribution is -0.150. The van der Waals surface area contributed by atoms with E-state index in [9.17, 15) is 14.7 Å². The number of nitrogens with zero attached hydrogens (tertiary/aromatic N) is 2. The van der Waals surface area contributed by atoms with Crippen LogP contribution in [0.5, 0.6) is 0 Å². The van der Waals surface area contributed by atoms with Crippen LogP contribution in [0.3, 0.4) is 0 Å². The van der Waals surface area contributed by atoms with E-state index in [4.69, 9.17) is 0 Å². The summed E-state index contributed by atoms with van der Waals surface area (Å²) in [5.41, 5.74) is 1.35. The molecular weight excluding hydrogens is 328 g/mol. The van der Waals surface area contributed by atoms with Crippen LogP contribution in [0.15, 0.2) is 48.7 Å². The van der Waals surface area contributed by atoms with Crippen LogP contribution >= 0.6 is 0 Å². The number of fused-ring (bicyclic) bond motifs is 2. The van der Waals surface area contributed by atoms with Crippen molar-refractivity contribution in [1.82, 2.24) is 9.88 Å². The Morgan fingerprint density at radius 2 is 1.96 bits per heavy atom. The number of hydrogen-bond donors (Lipinski definition) is 1. The van der Waals surface area contributed by atoms with Crippen molar-refractivity contribution >= 4 is 11.9 Å². The third kappa shape index (κ3) is 2.50. The van der Waals surface area contributed by atoms with Crippen LogP contribution in [-0.2, 0) is 11.2 Å². The fourth-order valence-corrected chi connectivity index (χ4v) is 4.78. The molecule has 1 aromatic carbocycles. The molecule has 26 heavy (non-hydrogen) atoms. The Hall–Kier alpha value is -2.69. The fourth-order valence-electron chi connectivity index (χ4n) is 4.78. The van der Waals surface area contributed by atoms with E-state index in [1.807, 2.05) is 54.3 Å². The van der Waals surface area contributed by atoms with Gasteiger partial charge in [-0.25, -0.2) is 0 Å². The van der Waals surface area contributed by atoms with E-state index in [2.05, 4.69) is 4.98 Å². The predicted molar refractivity (Wildman–Crippen MR) is 96.8 cm³/mol. The zero-order chi connectivity index (χ0) is 18.3. The van der Waals surface area contributed by atoms with Crippen LogP contribution in [0, 0.1) is 12.3 Å². The standard InChI is InChI=1S/C21H22N2O3/c1-14-6-5-11-22-18(14)19(24)23-16-9-10-17(23)21(13-16,20(25)26)12-15-7-3-2-4-8-15/h2-8,11,16-17H,9-10,12-13H2,1H3,(H,25,26)/t16-,17+,21+/m0/s1. The van der Waals surface area contributed by atoms with E-state index in [1.165, 1.54) is 0 Å². The maximum absolute atomic E-state index is 13.2. The number of carboxylic acid groups (broad SMARTS) is 1. The molecule has 2 aliphatic rings. The van der Waals surface area contributed by atoms with E-state index >= 15 is 0 Å². The topological polar surface area (TPSA) is 70.5 Å². The van der Waals surface area contributed by atoms with E-state index in [-0.39, 0.29) is 18.0 Å². The van der Waals surface area contributed by atoms with E-state index in [0.29, 0.717) is 18.5 Å². The summed E-state index contributed by atoms with van der Waals surface area (Å²) in [4.78, 5) is 31.6. The Labute approximate surface area is 152 Å². The van der Waals surface area contributed by atoms with Crippen molar-refractivity contribution in [2.75, 3.05) is 0 Å². The Balaban J connectivity index is 1.69. The lowest BCUT2D eigenvalue weighted by Gasteiger charge is -2.33. The quantitative estimate of drug-likeness (QED) is 0.920. The average Bonchev–Trinajstić information content (AvgIpc) is 3.19. The van der Waals surface area contributed by atoms with Crippen LogP contribution in [0.2, 0.25) is 0 Å². The van der Waals surface area contributed by atoms with Gasteiger partial charge in [0.05, 0.1) is 5.41 Å². The summed E-state index contributed by atoms with van der Waals surface area (Å²) in [5, 5.41) is 10.1. The second-order valence-electron chi connectivity index (χ2n) is 7.46. The molecule has 134 valence electrons. The number of aliphatic carboxylic acids is 1. The molecule has 2 bridgehead atoms. The number of benzene rings is 1. The molecule has 1 aromatic heterocycles. The SMILES string of the molecule is Cc1cccnc1C(=O)N1[C@H]2CC[C@@H]1[C@](Cc1ccccc1)(C(=O)O)C2. The van der Waals surface area contributed by atoms with Crippen molar-refractivity contribution in [3.63, 3.8) is 0 Å². The molecule has 1 amide bonds. The van der Waals surface area contributed by atoms with Crippen molar-refractivity contribution in [2.24, 2.45) is 5.41 Å². The molecule has 2 saturated heterocycles. The maximum Gasteiger partial charge on any atom is 0.312 e. The van der Waals surface area contributed by atoms with Crippen molar-refractivity contribution in [1.29, 1.82) is 0 Å². The number of aromatic nitrogens is 1. The molecular formula is C21H22N2O3.